The van der Waals surface area contributed by atoms with E-state index in [1.807, 2.05) is 0 Å². The van der Waals surface area contributed by atoms with Crippen LogP contribution in [0.4, 0.5) is 0 Å². The fourth-order valence-electron chi connectivity index (χ4n) is 4.26. The highest BCUT2D eigenvalue weighted by Gasteiger charge is 2.45. The van der Waals surface area contributed by atoms with Crippen LogP contribution in [0.5, 0.6) is 0 Å². The van der Waals surface area contributed by atoms with Crippen molar-refractivity contribution < 1.29 is 0 Å². The molecule has 1 nitrogen and oxygen atoms in total. The van der Waals surface area contributed by atoms with Gasteiger partial charge in [0.1, 0.15) is 0 Å². The molecule has 0 radical (unpaired) electrons. The molecule has 0 spiro atoms. The second-order valence-electron chi connectivity index (χ2n) is 8.16. The molecule has 2 unspecified atom stereocenters. The summed E-state index contributed by atoms with van der Waals surface area (Å²) >= 11 is 0. The Kier molecular flexibility index (Phi) is 5.75. The standard InChI is InChI=1S/C19H37N/c1-11(2)16-17(12(3)4)19(14(7)8)20(15(9)10)18(16)13(5)6/h11-16,18H,1-10H3. The Morgan fingerprint density at radius 3 is 1.45 bits per heavy atom. The maximum Gasteiger partial charge on any atom is 0.0381 e. The predicted octanol–water partition coefficient (Wildman–Crippen LogP) is 5.57. The van der Waals surface area contributed by atoms with E-state index in [0.29, 0.717) is 29.8 Å². The van der Waals surface area contributed by atoms with Gasteiger partial charge in [-0.15, -0.1) is 0 Å². The van der Waals surface area contributed by atoms with Crippen molar-refractivity contribution in [3.63, 3.8) is 0 Å². The first-order valence-electron chi connectivity index (χ1n) is 8.63. The van der Waals surface area contributed by atoms with Crippen molar-refractivity contribution in [2.45, 2.75) is 81.3 Å². The van der Waals surface area contributed by atoms with Crippen molar-refractivity contribution >= 4 is 0 Å². The molecule has 0 saturated carbocycles. The predicted molar refractivity (Wildman–Crippen MR) is 90.6 cm³/mol. The zero-order chi connectivity index (χ0) is 15.8. The third-order valence-corrected chi connectivity index (χ3v) is 4.75. The van der Waals surface area contributed by atoms with Gasteiger partial charge in [0.05, 0.1) is 0 Å². The minimum atomic E-state index is 0.595. The highest BCUT2D eigenvalue weighted by Crippen LogP contribution is 2.47. The largest absolute Gasteiger partial charge is 0.368 e. The van der Waals surface area contributed by atoms with Gasteiger partial charge < -0.3 is 4.90 Å². The monoisotopic (exact) mass is 279 g/mol. The van der Waals surface area contributed by atoms with E-state index in [0.717, 1.165) is 11.8 Å². The highest BCUT2D eigenvalue weighted by atomic mass is 15.2. The molecule has 1 heteroatoms. The lowest BCUT2D eigenvalue weighted by atomic mass is 9.76. The van der Waals surface area contributed by atoms with E-state index in [4.69, 9.17) is 0 Å². The van der Waals surface area contributed by atoms with Crippen LogP contribution in [-0.2, 0) is 0 Å². The normalized spacial score (nSPS) is 24.4. The van der Waals surface area contributed by atoms with Crippen LogP contribution in [0, 0.1) is 29.6 Å². The molecular weight excluding hydrogens is 242 g/mol. The van der Waals surface area contributed by atoms with Gasteiger partial charge in [0, 0.05) is 23.7 Å². The van der Waals surface area contributed by atoms with Gasteiger partial charge in [-0.3, -0.25) is 0 Å². The molecule has 0 fully saturated rings. The molecule has 1 heterocycles. The van der Waals surface area contributed by atoms with Crippen LogP contribution in [0.2, 0.25) is 0 Å². The van der Waals surface area contributed by atoms with Gasteiger partial charge >= 0.3 is 0 Å². The minimum absolute atomic E-state index is 0.595. The summed E-state index contributed by atoms with van der Waals surface area (Å²) in [5.41, 5.74) is 3.38. The molecule has 20 heavy (non-hydrogen) atoms. The van der Waals surface area contributed by atoms with Crippen LogP contribution in [0.15, 0.2) is 11.3 Å². The molecular formula is C19H37N. The van der Waals surface area contributed by atoms with Gasteiger partial charge in [-0.05, 0) is 43.1 Å². The van der Waals surface area contributed by atoms with Crippen molar-refractivity contribution in [3.05, 3.63) is 11.3 Å². The summed E-state index contributed by atoms with van der Waals surface area (Å²) in [4.78, 5) is 2.76. The third kappa shape index (κ3) is 3.07. The van der Waals surface area contributed by atoms with E-state index in [1.54, 1.807) is 11.3 Å². The molecule has 0 saturated heterocycles. The van der Waals surface area contributed by atoms with Crippen molar-refractivity contribution in [2.24, 2.45) is 29.6 Å². The Bertz CT molecular complexity index is 317. The van der Waals surface area contributed by atoms with Crippen molar-refractivity contribution in [2.75, 3.05) is 0 Å². The van der Waals surface area contributed by atoms with Gasteiger partial charge in [0.15, 0.2) is 0 Å². The molecule has 0 aromatic heterocycles. The fraction of sp³-hybridized carbons (Fsp3) is 0.895. The number of rotatable bonds is 5. The molecule has 1 rings (SSSR count). The first-order valence-corrected chi connectivity index (χ1v) is 8.63. The third-order valence-electron chi connectivity index (χ3n) is 4.75. The van der Waals surface area contributed by atoms with Crippen LogP contribution in [0.1, 0.15) is 69.2 Å². The molecule has 0 N–H and O–H groups in total. The van der Waals surface area contributed by atoms with Crippen LogP contribution in [0.3, 0.4) is 0 Å². The highest BCUT2D eigenvalue weighted by molar-refractivity contribution is 5.30. The van der Waals surface area contributed by atoms with Crippen LogP contribution in [0.25, 0.3) is 0 Å². The average Bonchev–Trinajstić information content (AvgIpc) is 2.64. The Hall–Kier alpha value is -0.460. The van der Waals surface area contributed by atoms with Crippen molar-refractivity contribution in [3.8, 4) is 0 Å². The van der Waals surface area contributed by atoms with Crippen molar-refractivity contribution in [1.82, 2.24) is 4.90 Å². The summed E-state index contributed by atoms with van der Waals surface area (Å²) in [6.07, 6.45) is 0. The summed E-state index contributed by atoms with van der Waals surface area (Å²) in [6.45, 7) is 23.8. The molecule has 0 bridgehead atoms. The summed E-state index contributed by atoms with van der Waals surface area (Å²) in [6, 6.07) is 1.27. The Morgan fingerprint density at radius 2 is 1.20 bits per heavy atom. The van der Waals surface area contributed by atoms with E-state index >= 15 is 0 Å². The summed E-state index contributed by atoms with van der Waals surface area (Å²) in [5, 5.41) is 0. The summed E-state index contributed by atoms with van der Waals surface area (Å²) in [5.74, 6) is 3.42. The van der Waals surface area contributed by atoms with E-state index in [1.165, 1.54) is 0 Å². The van der Waals surface area contributed by atoms with E-state index in [2.05, 4.69) is 74.1 Å². The molecule has 0 aromatic rings. The van der Waals surface area contributed by atoms with Crippen LogP contribution in [-0.4, -0.2) is 17.0 Å². The number of allylic oxidation sites excluding steroid dienone is 1. The molecule has 0 aromatic carbocycles. The Labute approximate surface area is 127 Å². The van der Waals surface area contributed by atoms with Gasteiger partial charge in [-0.1, -0.05) is 55.4 Å². The molecule has 2 atom stereocenters. The first kappa shape index (κ1) is 17.6. The first-order chi connectivity index (χ1) is 9.11. The van der Waals surface area contributed by atoms with Gasteiger partial charge in [0.2, 0.25) is 0 Å². The van der Waals surface area contributed by atoms with Crippen LogP contribution < -0.4 is 0 Å². The maximum absolute atomic E-state index is 2.76. The molecule has 0 amide bonds. The molecule has 1 aliphatic rings. The lowest BCUT2D eigenvalue weighted by Crippen LogP contribution is -2.44. The van der Waals surface area contributed by atoms with Gasteiger partial charge in [0.25, 0.3) is 0 Å². The Morgan fingerprint density at radius 1 is 0.700 bits per heavy atom. The van der Waals surface area contributed by atoms with E-state index in [-0.39, 0.29) is 0 Å². The number of hydrogen-bond acceptors (Lipinski definition) is 1. The quantitative estimate of drug-likeness (QED) is 0.635. The molecule has 118 valence electrons. The fourth-order valence-corrected chi connectivity index (χ4v) is 4.26. The van der Waals surface area contributed by atoms with E-state index in [9.17, 15) is 0 Å². The zero-order valence-corrected chi connectivity index (χ0v) is 15.5. The SMILES string of the molecule is CC(C)C1=C(C(C)C)N(C(C)C)C(C(C)C)C1C(C)C. The van der Waals surface area contributed by atoms with E-state index < -0.39 is 0 Å². The lowest BCUT2D eigenvalue weighted by molar-refractivity contribution is 0.122. The lowest BCUT2D eigenvalue weighted by Gasteiger charge is -2.40. The average molecular weight is 280 g/mol. The minimum Gasteiger partial charge on any atom is -0.368 e. The summed E-state index contributed by atoms with van der Waals surface area (Å²) < 4.78 is 0. The second kappa shape index (κ2) is 6.54. The molecule has 1 aliphatic heterocycles. The van der Waals surface area contributed by atoms with Gasteiger partial charge in [-0.2, -0.15) is 0 Å². The van der Waals surface area contributed by atoms with Gasteiger partial charge in [-0.25, -0.2) is 0 Å². The number of nitrogens with zero attached hydrogens (tertiary/aromatic N) is 1. The van der Waals surface area contributed by atoms with Crippen molar-refractivity contribution in [1.29, 1.82) is 0 Å². The zero-order valence-electron chi connectivity index (χ0n) is 15.5. The smallest absolute Gasteiger partial charge is 0.0381 e. The maximum atomic E-state index is 2.76. The van der Waals surface area contributed by atoms with Crippen LogP contribution >= 0.6 is 0 Å². The second-order valence-corrected chi connectivity index (χ2v) is 8.16. The molecule has 0 aliphatic carbocycles. The topological polar surface area (TPSA) is 3.24 Å². The summed E-state index contributed by atoms with van der Waals surface area (Å²) in [7, 11) is 0. The number of hydrogen-bond donors (Lipinski definition) is 0. The Balaban J connectivity index is 3.47.